The molecule has 0 saturated carbocycles. The van der Waals surface area contributed by atoms with Gasteiger partial charge in [-0.3, -0.25) is 4.90 Å². The minimum absolute atomic E-state index is 0.0973. The zero-order valence-electron chi connectivity index (χ0n) is 15.3. The molecule has 1 heterocycles. The van der Waals surface area contributed by atoms with Gasteiger partial charge in [0.1, 0.15) is 5.75 Å². The van der Waals surface area contributed by atoms with Gasteiger partial charge in [-0.05, 0) is 44.5 Å². The molecule has 2 rings (SSSR count). The number of likely N-dealkylation sites (N-methyl/N-ethyl adjacent to an activating group) is 1. The topological polar surface area (TPSA) is 57.5 Å². The van der Waals surface area contributed by atoms with E-state index in [9.17, 15) is 5.11 Å². The van der Waals surface area contributed by atoms with Gasteiger partial charge in [-0.2, -0.15) is 0 Å². The summed E-state index contributed by atoms with van der Waals surface area (Å²) >= 11 is 0. The van der Waals surface area contributed by atoms with Crippen LogP contribution in [-0.4, -0.2) is 56.0 Å². The average molecular weight is 333 g/mol. The monoisotopic (exact) mass is 333 g/mol. The number of hydrogen-bond donors (Lipinski definition) is 1. The lowest BCUT2D eigenvalue weighted by atomic mass is 10.1. The lowest BCUT2D eigenvalue weighted by molar-refractivity contribution is 0.0983. The fourth-order valence-corrected chi connectivity index (χ4v) is 2.53. The number of amidine groups is 1. The summed E-state index contributed by atoms with van der Waals surface area (Å²) in [6.07, 6.45) is 0.991. The van der Waals surface area contributed by atoms with Crippen molar-refractivity contribution in [3.8, 4) is 5.75 Å². The highest BCUT2D eigenvalue weighted by molar-refractivity contribution is 5.80. The number of ether oxygens (including phenoxy) is 2. The number of aliphatic hydroxyl groups is 1. The Bertz CT molecular complexity index is 638. The fourth-order valence-electron chi connectivity index (χ4n) is 2.53. The fraction of sp³-hybridized carbons (Fsp3) is 0.500. The normalized spacial score (nSPS) is 20.8. The third-order valence-corrected chi connectivity index (χ3v) is 3.71. The van der Waals surface area contributed by atoms with Crippen LogP contribution in [0.2, 0.25) is 0 Å². The van der Waals surface area contributed by atoms with Crippen molar-refractivity contribution in [2.24, 2.45) is 4.99 Å². The van der Waals surface area contributed by atoms with E-state index in [1.165, 1.54) is 0 Å². The van der Waals surface area contributed by atoms with E-state index >= 15 is 0 Å². The molecule has 0 aromatic heterocycles. The molecule has 1 aliphatic rings. The summed E-state index contributed by atoms with van der Waals surface area (Å²) in [6, 6.07) is 6.43. The molecule has 24 heavy (non-hydrogen) atoms. The summed E-state index contributed by atoms with van der Waals surface area (Å²) in [7, 11) is 5.58. The van der Waals surface area contributed by atoms with Crippen molar-refractivity contribution >= 4 is 17.8 Å². The van der Waals surface area contributed by atoms with Gasteiger partial charge in [-0.15, -0.1) is 0 Å². The van der Waals surface area contributed by atoms with Crippen molar-refractivity contribution < 1.29 is 14.6 Å². The Balaban J connectivity index is 2.34. The van der Waals surface area contributed by atoms with Crippen LogP contribution < -0.4 is 9.64 Å². The quantitative estimate of drug-likeness (QED) is 0.897. The van der Waals surface area contributed by atoms with Crippen molar-refractivity contribution in [2.75, 3.05) is 32.6 Å². The maximum absolute atomic E-state index is 10.5. The summed E-state index contributed by atoms with van der Waals surface area (Å²) in [6.45, 7) is 6.53. The molecule has 1 fully saturated rings. The van der Waals surface area contributed by atoms with E-state index in [2.05, 4.69) is 4.99 Å². The zero-order valence-corrected chi connectivity index (χ0v) is 15.3. The Hall–Kier alpha value is -2.21. The molecule has 0 amide bonds. The van der Waals surface area contributed by atoms with Gasteiger partial charge in [0.2, 0.25) is 0 Å². The number of hydrogen-bond acceptors (Lipinski definition) is 5. The number of methoxy groups -OCH3 is 1. The van der Waals surface area contributed by atoms with Gasteiger partial charge in [0.05, 0.1) is 12.8 Å². The van der Waals surface area contributed by atoms with Crippen LogP contribution in [0.1, 0.15) is 26.3 Å². The predicted octanol–water partition coefficient (Wildman–Crippen LogP) is 2.54. The molecule has 0 radical (unpaired) electrons. The number of anilines is 1. The van der Waals surface area contributed by atoms with E-state index < -0.39 is 6.23 Å². The first-order valence-electron chi connectivity index (χ1n) is 8.14. The highest BCUT2D eigenvalue weighted by Crippen LogP contribution is 2.30. The van der Waals surface area contributed by atoms with Crippen LogP contribution in [-0.2, 0) is 4.74 Å². The SMILES string of the molecule is CCN1/C(=N\C(C)C)O/C(=C/c2ccc(N(C)C)c(OC)c2)C1O. The minimum atomic E-state index is -0.827. The number of rotatable bonds is 5. The molecule has 1 saturated heterocycles. The van der Waals surface area contributed by atoms with Gasteiger partial charge < -0.3 is 19.5 Å². The summed E-state index contributed by atoms with van der Waals surface area (Å²) < 4.78 is 11.2. The molecule has 1 N–H and O–H groups in total. The van der Waals surface area contributed by atoms with Gasteiger partial charge in [0.15, 0.2) is 12.0 Å². The second-order valence-corrected chi connectivity index (χ2v) is 6.14. The summed E-state index contributed by atoms with van der Waals surface area (Å²) in [4.78, 5) is 8.15. The van der Waals surface area contributed by atoms with Crippen LogP contribution in [0.25, 0.3) is 6.08 Å². The molecule has 1 unspecified atom stereocenters. The Morgan fingerprint density at radius 3 is 2.67 bits per heavy atom. The van der Waals surface area contributed by atoms with Gasteiger partial charge in [0.25, 0.3) is 6.02 Å². The Labute approximate surface area is 144 Å². The molecule has 0 aliphatic carbocycles. The van der Waals surface area contributed by atoms with Gasteiger partial charge in [-0.25, -0.2) is 4.99 Å². The summed E-state index contributed by atoms with van der Waals surface area (Å²) in [5, 5.41) is 10.5. The molecule has 0 bridgehead atoms. The lowest BCUT2D eigenvalue weighted by Crippen LogP contribution is -2.33. The van der Waals surface area contributed by atoms with Crippen LogP contribution in [0, 0.1) is 0 Å². The summed E-state index contributed by atoms with van der Waals surface area (Å²) in [5.41, 5.74) is 1.89. The van der Waals surface area contributed by atoms with Crippen molar-refractivity contribution in [1.82, 2.24) is 4.90 Å². The Kier molecular flexibility index (Phi) is 5.72. The number of benzene rings is 1. The zero-order chi connectivity index (χ0) is 17.9. The first-order chi connectivity index (χ1) is 11.4. The molecule has 1 atom stereocenters. The standard InChI is InChI=1S/C18H27N3O3/c1-7-21-17(22)16(24-18(21)19-12(2)3)11-13-8-9-14(20(4)5)15(10-13)23-6/h8-12,17,22H,7H2,1-6H3/b16-11+,19-18+. The molecule has 6 nitrogen and oxygen atoms in total. The van der Waals surface area contributed by atoms with Crippen molar-refractivity contribution in [3.05, 3.63) is 29.5 Å². The summed E-state index contributed by atoms with van der Waals surface area (Å²) in [5.74, 6) is 1.24. The Morgan fingerprint density at radius 1 is 1.42 bits per heavy atom. The van der Waals surface area contributed by atoms with E-state index in [0.717, 1.165) is 17.0 Å². The van der Waals surface area contributed by atoms with E-state index in [1.54, 1.807) is 12.0 Å². The number of aliphatic imine (C=N–C) groups is 1. The van der Waals surface area contributed by atoms with Crippen LogP contribution in [0.3, 0.4) is 0 Å². The highest BCUT2D eigenvalue weighted by Gasteiger charge is 2.33. The molecular formula is C18H27N3O3. The van der Waals surface area contributed by atoms with Crippen molar-refractivity contribution in [3.63, 3.8) is 0 Å². The lowest BCUT2D eigenvalue weighted by Gasteiger charge is -2.17. The van der Waals surface area contributed by atoms with E-state index in [-0.39, 0.29) is 6.04 Å². The first kappa shape index (κ1) is 18.1. The molecule has 6 heteroatoms. The van der Waals surface area contributed by atoms with Gasteiger partial charge in [-0.1, -0.05) is 6.07 Å². The predicted molar refractivity (Wildman–Crippen MR) is 97.3 cm³/mol. The largest absolute Gasteiger partial charge is 0.495 e. The van der Waals surface area contributed by atoms with Crippen molar-refractivity contribution in [2.45, 2.75) is 33.0 Å². The molecule has 1 aliphatic heterocycles. The minimum Gasteiger partial charge on any atom is -0.495 e. The molecule has 1 aromatic rings. The number of aliphatic hydroxyl groups excluding tert-OH is 1. The molecular weight excluding hydrogens is 306 g/mol. The second-order valence-electron chi connectivity index (χ2n) is 6.14. The molecule has 132 valence electrons. The maximum atomic E-state index is 10.5. The molecule has 1 aromatic carbocycles. The van der Waals surface area contributed by atoms with Gasteiger partial charge in [0, 0.05) is 26.7 Å². The van der Waals surface area contributed by atoms with Crippen LogP contribution in [0.4, 0.5) is 5.69 Å². The molecule has 0 spiro atoms. The van der Waals surface area contributed by atoms with E-state index in [0.29, 0.717) is 18.3 Å². The number of nitrogens with zero attached hydrogens (tertiary/aromatic N) is 3. The van der Waals surface area contributed by atoms with E-state index in [1.807, 2.05) is 64.0 Å². The Morgan fingerprint density at radius 2 is 2.12 bits per heavy atom. The third-order valence-electron chi connectivity index (χ3n) is 3.71. The van der Waals surface area contributed by atoms with Crippen LogP contribution in [0.15, 0.2) is 29.0 Å². The third kappa shape index (κ3) is 3.82. The van der Waals surface area contributed by atoms with Gasteiger partial charge >= 0.3 is 0 Å². The smallest absolute Gasteiger partial charge is 0.295 e. The van der Waals surface area contributed by atoms with Crippen LogP contribution in [0.5, 0.6) is 5.75 Å². The van der Waals surface area contributed by atoms with Crippen molar-refractivity contribution in [1.29, 1.82) is 0 Å². The average Bonchev–Trinajstić information content (AvgIpc) is 2.81. The van der Waals surface area contributed by atoms with E-state index in [4.69, 9.17) is 9.47 Å². The highest BCUT2D eigenvalue weighted by atomic mass is 16.5. The second kappa shape index (κ2) is 7.57. The maximum Gasteiger partial charge on any atom is 0.295 e. The first-order valence-corrected chi connectivity index (χ1v) is 8.14. The van der Waals surface area contributed by atoms with Crippen LogP contribution >= 0.6 is 0 Å².